The summed E-state index contributed by atoms with van der Waals surface area (Å²) in [6.07, 6.45) is 0. The van der Waals surface area contributed by atoms with Gasteiger partial charge in [0.2, 0.25) is 0 Å². The third kappa shape index (κ3) is 3.46. The highest BCUT2D eigenvalue weighted by molar-refractivity contribution is 5.51. The van der Waals surface area contributed by atoms with Crippen LogP contribution in [0.25, 0.3) is 0 Å². The summed E-state index contributed by atoms with van der Waals surface area (Å²) >= 11 is 0. The van der Waals surface area contributed by atoms with Gasteiger partial charge in [0.1, 0.15) is 0 Å². The van der Waals surface area contributed by atoms with Gasteiger partial charge in [0, 0.05) is 37.9 Å². The van der Waals surface area contributed by atoms with E-state index in [1.165, 1.54) is 0 Å². The number of hydrogen-bond acceptors (Lipinski definition) is 4. The van der Waals surface area contributed by atoms with Gasteiger partial charge < -0.3 is 10.2 Å². The number of rotatable bonds is 3. The number of nitriles is 1. The number of likely N-dealkylation sites (N-methyl/N-ethyl adjacent to an activating group) is 2. The van der Waals surface area contributed by atoms with Crippen molar-refractivity contribution >= 4 is 5.69 Å². The Bertz CT molecular complexity index is 478. The summed E-state index contributed by atoms with van der Waals surface area (Å²) in [7, 11) is 4.36. The maximum Gasteiger partial charge on any atom is 0.0994 e. The molecule has 0 radical (unpaired) electrons. The minimum atomic E-state index is 0.537. The third-order valence-corrected chi connectivity index (χ3v) is 3.87. The van der Waals surface area contributed by atoms with E-state index in [1.54, 1.807) is 0 Å². The van der Waals surface area contributed by atoms with E-state index in [0.29, 0.717) is 6.04 Å². The molecular weight excluding hydrogens is 236 g/mol. The Morgan fingerprint density at radius 1 is 1.37 bits per heavy atom. The predicted molar refractivity (Wildman–Crippen MR) is 78.3 cm³/mol. The molecule has 19 heavy (non-hydrogen) atoms. The van der Waals surface area contributed by atoms with Gasteiger partial charge in [0.25, 0.3) is 0 Å². The van der Waals surface area contributed by atoms with E-state index in [4.69, 9.17) is 5.26 Å². The van der Waals surface area contributed by atoms with Crippen LogP contribution in [0.1, 0.15) is 11.1 Å². The van der Waals surface area contributed by atoms with E-state index < -0.39 is 0 Å². The predicted octanol–water partition coefficient (Wildman–Crippen LogP) is 1.52. The van der Waals surface area contributed by atoms with Crippen LogP contribution in [0.2, 0.25) is 0 Å². The highest BCUT2D eigenvalue weighted by Gasteiger charge is 2.21. The van der Waals surface area contributed by atoms with E-state index in [1.807, 2.05) is 25.1 Å². The zero-order valence-electron chi connectivity index (χ0n) is 12.0. The van der Waals surface area contributed by atoms with E-state index >= 15 is 0 Å². The fourth-order valence-electron chi connectivity index (χ4n) is 2.46. The minimum absolute atomic E-state index is 0.537. The molecule has 0 saturated carbocycles. The molecule has 1 aromatic rings. The second-order valence-corrected chi connectivity index (χ2v) is 5.42. The Kier molecular flexibility index (Phi) is 4.41. The maximum absolute atomic E-state index is 8.92. The molecule has 102 valence electrons. The van der Waals surface area contributed by atoms with Crippen LogP contribution in [0.5, 0.6) is 0 Å². The standard InChI is InChI=1S/C15H22N4/c1-12-8-14(5-4-13(12)9-16)17-10-15-11-18(2)6-7-19(15)3/h4-5,8,15,17H,6-7,10-11H2,1-3H3. The summed E-state index contributed by atoms with van der Waals surface area (Å²) in [6, 6.07) is 8.65. The van der Waals surface area contributed by atoms with Crippen LogP contribution in [-0.2, 0) is 0 Å². The van der Waals surface area contributed by atoms with Gasteiger partial charge in [0.15, 0.2) is 0 Å². The van der Waals surface area contributed by atoms with Crippen molar-refractivity contribution in [2.75, 3.05) is 45.6 Å². The summed E-state index contributed by atoms with van der Waals surface area (Å²) in [5.74, 6) is 0. The topological polar surface area (TPSA) is 42.3 Å². The van der Waals surface area contributed by atoms with E-state index in [-0.39, 0.29) is 0 Å². The first-order chi connectivity index (χ1) is 9.10. The van der Waals surface area contributed by atoms with Crippen LogP contribution in [0, 0.1) is 18.3 Å². The molecule has 1 aliphatic heterocycles. The van der Waals surface area contributed by atoms with Crippen LogP contribution in [0.4, 0.5) is 5.69 Å². The average Bonchev–Trinajstić information content (AvgIpc) is 2.40. The molecule has 1 heterocycles. The minimum Gasteiger partial charge on any atom is -0.383 e. The van der Waals surface area contributed by atoms with Gasteiger partial charge in [0.05, 0.1) is 11.6 Å². The monoisotopic (exact) mass is 258 g/mol. The molecule has 0 aromatic heterocycles. The number of piperazine rings is 1. The van der Waals surface area contributed by atoms with Gasteiger partial charge in [-0.25, -0.2) is 0 Å². The second kappa shape index (κ2) is 6.05. The Morgan fingerprint density at radius 2 is 2.16 bits per heavy atom. The van der Waals surface area contributed by atoms with Gasteiger partial charge in [-0.2, -0.15) is 5.26 Å². The summed E-state index contributed by atoms with van der Waals surface area (Å²) in [4.78, 5) is 4.78. The number of aryl methyl sites for hydroxylation is 1. The van der Waals surface area contributed by atoms with E-state index in [9.17, 15) is 0 Å². The summed E-state index contributed by atoms with van der Waals surface area (Å²) in [5.41, 5.74) is 2.87. The molecule has 1 atom stereocenters. The van der Waals surface area contributed by atoms with E-state index in [0.717, 1.165) is 43.0 Å². The van der Waals surface area contributed by atoms with Gasteiger partial charge in [-0.05, 0) is 44.8 Å². The van der Waals surface area contributed by atoms with Crippen LogP contribution in [0.15, 0.2) is 18.2 Å². The van der Waals surface area contributed by atoms with Gasteiger partial charge in [-0.1, -0.05) is 0 Å². The zero-order chi connectivity index (χ0) is 13.8. The van der Waals surface area contributed by atoms with Crippen LogP contribution < -0.4 is 5.32 Å². The average molecular weight is 258 g/mol. The van der Waals surface area contributed by atoms with Crippen molar-refractivity contribution in [3.05, 3.63) is 29.3 Å². The first-order valence-electron chi connectivity index (χ1n) is 6.73. The highest BCUT2D eigenvalue weighted by Crippen LogP contribution is 2.15. The lowest BCUT2D eigenvalue weighted by Crippen LogP contribution is -2.52. The normalized spacial score (nSPS) is 21.1. The second-order valence-electron chi connectivity index (χ2n) is 5.42. The van der Waals surface area contributed by atoms with Crippen molar-refractivity contribution in [2.24, 2.45) is 0 Å². The molecule has 4 heteroatoms. The SMILES string of the molecule is Cc1cc(NCC2CN(C)CCN2C)ccc1C#N. The maximum atomic E-state index is 8.92. The van der Waals surface area contributed by atoms with Gasteiger partial charge in [-0.3, -0.25) is 4.90 Å². The number of hydrogen-bond donors (Lipinski definition) is 1. The van der Waals surface area contributed by atoms with Crippen molar-refractivity contribution < 1.29 is 0 Å². The molecule has 1 unspecified atom stereocenters. The number of anilines is 1. The molecule has 1 saturated heterocycles. The zero-order valence-corrected chi connectivity index (χ0v) is 12.0. The lowest BCUT2D eigenvalue weighted by atomic mass is 10.1. The molecule has 1 N–H and O–H groups in total. The quantitative estimate of drug-likeness (QED) is 0.892. The van der Waals surface area contributed by atoms with Crippen molar-refractivity contribution in [3.63, 3.8) is 0 Å². The fourth-order valence-corrected chi connectivity index (χ4v) is 2.46. The van der Waals surface area contributed by atoms with Crippen molar-refractivity contribution in [3.8, 4) is 6.07 Å². The number of nitrogens with one attached hydrogen (secondary N) is 1. The first-order valence-corrected chi connectivity index (χ1v) is 6.73. The summed E-state index contributed by atoms with van der Waals surface area (Å²) in [5, 5.41) is 12.4. The Morgan fingerprint density at radius 3 is 2.84 bits per heavy atom. The molecule has 0 bridgehead atoms. The molecule has 0 amide bonds. The van der Waals surface area contributed by atoms with Crippen LogP contribution in [-0.4, -0.2) is 56.1 Å². The summed E-state index contributed by atoms with van der Waals surface area (Å²) in [6.45, 7) is 6.27. The summed E-state index contributed by atoms with van der Waals surface area (Å²) < 4.78 is 0. The Balaban J connectivity index is 1.95. The van der Waals surface area contributed by atoms with Crippen molar-refractivity contribution in [1.29, 1.82) is 5.26 Å². The molecule has 0 aliphatic carbocycles. The Hall–Kier alpha value is -1.57. The van der Waals surface area contributed by atoms with Crippen molar-refractivity contribution in [1.82, 2.24) is 9.80 Å². The lowest BCUT2D eigenvalue weighted by molar-refractivity contribution is 0.122. The Labute approximate surface area is 115 Å². The highest BCUT2D eigenvalue weighted by atomic mass is 15.3. The molecule has 0 spiro atoms. The molecule has 1 aromatic carbocycles. The van der Waals surface area contributed by atoms with Crippen LogP contribution in [0.3, 0.4) is 0 Å². The number of benzene rings is 1. The van der Waals surface area contributed by atoms with Gasteiger partial charge in [-0.15, -0.1) is 0 Å². The molecule has 1 aliphatic rings. The third-order valence-electron chi connectivity index (χ3n) is 3.87. The lowest BCUT2D eigenvalue weighted by Gasteiger charge is -2.37. The van der Waals surface area contributed by atoms with Crippen molar-refractivity contribution in [2.45, 2.75) is 13.0 Å². The molecular formula is C15H22N4. The smallest absolute Gasteiger partial charge is 0.0994 e. The first kappa shape index (κ1) is 13.9. The van der Waals surface area contributed by atoms with Gasteiger partial charge >= 0.3 is 0 Å². The molecule has 1 fully saturated rings. The molecule has 4 nitrogen and oxygen atoms in total. The fraction of sp³-hybridized carbons (Fsp3) is 0.533. The largest absolute Gasteiger partial charge is 0.383 e. The van der Waals surface area contributed by atoms with Crippen LogP contribution >= 0.6 is 0 Å². The molecule has 2 rings (SSSR count). The van der Waals surface area contributed by atoms with E-state index in [2.05, 4.69) is 35.3 Å². The number of nitrogens with zero attached hydrogens (tertiary/aromatic N) is 3.